The van der Waals surface area contributed by atoms with Crippen LogP contribution in [0.2, 0.25) is 0 Å². The van der Waals surface area contributed by atoms with Crippen LogP contribution in [0.5, 0.6) is 11.5 Å². The fourth-order valence-corrected chi connectivity index (χ4v) is 2.03. The monoisotopic (exact) mass is 269 g/mol. The molecular weight excluding hydrogens is 254 g/mol. The largest absolute Gasteiger partial charge is 0.454 e. The second-order valence-corrected chi connectivity index (χ2v) is 4.71. The lowest BCUT2D eigenvalue weighted by molar-refractivity contribution is 0.101. The number of hydrogen-bond donors (Lipinski definition) is 1. The molecule has 0 unspecified atom stereocenters. The fourth-order valence-electron chi connectivity index (χ4n) is 2.03. The van der Waals surface area contributed by atoms with Gasteiger partial charge >= 0.3 is 0 Å². The highest BCUT2D eigenvalue weighted by molar-refractivity contribution is 5.99. The summed E-state index contributed by atoms with van der Waals surface area (Å²) >= 11 is 0. The lowest BCUT2D eigenvalue weighted by Crippen LogP contribution is -2.13. The molecule has 0 fully saturated rings. The highest BCUT2D eigenvalue weighted by atomic mass is 16.7. The minimum absolute atomic E-state index is 0.0580. The first-order valence-corrected chi connectivity index (χ1v) is 6.46. The lowest BCUT2D eigenvalue weighted by atomic mass is 10.1. The molecule has 1 aliphatic rings. The van der Waals surface area contributed by atoms with Crippen LogP contribution < -0.4 is 14.8 Å². The number of rotatable bonds is 4. The number of anilines is 1. The van der Waals surface area contributed by atoms with Crippen molar-refractivity contribution in [2.45, 2.75) is 6.92 Å². The van der Waals surface area contributed by atoms with E-state index in [1.165, 1.54) is 0 Å². The van der Waals surface area contributed by atoms with E-state index in [4.69, 9.17) is 9.47 Å². The Morgan fingerprint density at radius 3 is 2.65 bits per heavy atom. The minimum Gasteiger partial charge on any atom is -0.454 e. The van der Waals surface area contributed by atoms with Crippen molar-refractivity contribution in [2.75, 3.05) is 18.7 Å². The predicted molar refractivity (Wildman–Crippen MR) is 76.6 cm³/mol. The van der Waals surface area contributed by atoms with Crippen LogP contribution in [0.15, 0.2) is 42.5 Å². The molecule has 2 aromatic rings. The lowest BCUT2D eigenvalue weighted by Gasteiger charge is -2.07. The van der Waals surface area contributed by atoms with Crippen molar-refractivity contribution >= 4 is 11.5 Å². The Kier molecular flexibility index (Phi) is 3.29. The molecule has 3 rings (SSSR count). The van der Waals surface area contributed by atoms with Crippen molar-refractivity contribution < 1.29 is 14.3 Å². The van der Waals surface area contributed by atoms with Crippen LogP contribution in [-0.2, 0) is 0 Å². The molecule has 0 amide bonds. The molecule has 4 heteroatoms. The molecular formula is C16H15NO3. The van der Waals surface area contributed by atoms with Gasteiger partial charge in [-0.2, -0.15) is 0 Å². The van der Waals surface area contributed by atoms with Gasteiger partial charge in [0.1, 0.15) is 0 Å². The van der Waals surface area contributed by atoms with Gasteiger partial charge in [-0.1, -0.05) is 29.8 Å². The third kappa shape index (κ3) is 2.59. The molecule has 0 aliphatic carbocycles. The maximum atomic E-state index is 12.0. The molecule has 0 saturated heterocycles. The van der Waals surface area contributed by atoms with Crippen LogP contribution in [0.3, 0.4) is 0 Å². The molecule has 1 aliphatic heterocycles. The third-order valence-electron chi connectivity index (χ3n) is 3.20. The van der Waals surface area contributed by atoms with Gasteiger partial charge in [-0.25, -0.2) is 0 Å². The second-order valence-electron chi connectivity index (χ2n) is 4.71. The molecule has 0 atom stereocenters. The first-order valence-electron chi connectivity index (χ1n) is 6.46. The number of benzene rings is 2. The highest BCUT2D eigenvalue weighted by Crippen LogP contribution is 2.34. The summed E-state index contributed by atoms with van der Waals surface area (Å²) in [6.45, 7) is 2.50. The van der Waals surface area contributed by atoms with E-state index in [2.05, 4.69) is 5.32 Å². The molecule has 0 saturated carbocycles. The summed E-state index contributed by atoms with van der Waals surface area (Å²) in [5, 5.41) is 3.10. The second kappa shape index (κ2) is 5.25. The normalized spacial score (nSPS) is 12.2. The summed E-state index contributed by atoms with van der Waals surface area (Å²) in [6.07, 6.45) is 0. The first kappa shape index (κ1) is 12.5. The van der Waals surface area contributed by atoms with E-state index in [-0.39, 0.29) is 19.1 Å². The van der Waals surface area contributed by atoms with Gasteiger partial charge in [0.2, 0.25) is 6.79 Å². The van der Waals surface area contributed by atoms with Gasteiger partial charge in [-0.3, -0.25) is 4.79 Å². The van der Waals surface area contributed by atoms with Gasteiger partial charge in [0, 0.05) is 17.3 Å². The number of ketones is 1. The quantitative estimate of drug-likeness (QED) is 0.867. The van der Waals surface area contributed by atoms with Gasteiger partial charge in [0.15, 0.2) is 17.3 Å². The Morgan fingerprint density at radius 2 is 1.85 bits per heavy atom. The minimum atomic E-state index is 0.0580. The molecule has 1 heterocycles. The Labute approximate surface area is 117 Å². The Morgan fingerprint density at radius 1 is 1.10 bits per heavy atom. The van der Waals surface area contributed by atoms with Gasteiger partial charge < -0.3 is 14.8 Å². The van der Waals surface area contributed by atoms with Gasteiger partial charge in [0.05, 0.1) is 6.54 Å². The zero-order valence-electron chi connectivity index (χ0n) is 11.2. The predicted octanol–water partition coefficient (Wildman–Crippen LogP) is 3.02. The molecule has 2 aromatic carbocycles. The molecule has 4 nitrogen and oxygen atoms in total. The van der Waals surface area contributed by atoms with E-state index in [9.17, 15) is 4.79 Å². The number of carbonyl (C=O) groups excluding carboxylic acids is 1. The Bertz CT molecular complexity index is 635. The molecule has 0 radical (unpaired) electrons. The van der Waals surface area contributed by atoms with E-state index in [1.54, 1.807) is 0 Å². The summed E-state index contributed by atoms with van der Waals surface area (Å²) in [5.74, 6) is 1.50. The molecule has 0 bridgehead atoms. The summed E-state index contributed by atoms with van der Waals surface area (Å²) in [4.78, 5) is 12.0. The smallest absolute Gasteiger partial charge is 0.231 e. The van der Waals surface area contributed by atoms with Crippen molar-refractivity contribution in [1.29, 1.82) is 0 Å². The number of aryl methyl sites for hydroxylation is 1. The van der Waals surface area contributed by atoms with Crippen LogP contribution in [0.1, 0.15) is 15.9 Å². The van der Waals surface area contributed by atoms with Crippen LogP contribution in [-0.4, -0.2) is 19.1 Å². The summed E-state index contributed by atoms with van der Waals surface area (Å²) in [6, 6.07) is 13.1. The molecule has 102 valence electrons. The summed E-state index contributed by atoms with van der Waals surface area (Å²) in [5.41, 5.74) is 2.70. The average molecular weight is 269 g/mol. The number of fused-ring (bicyclic) bond motifs is 1. The zero-order chi connectivity index (χ0) is 13.9. The summed E-state index contributed by atoms with van der Waals surface area (Å²) < 4.78 is 10.5. The van der Waals surface area contributed by atoms with E-state index < -0.39 is 0 Å². The maximum Gasteiger partial charge on any atom is 0.231 e. The van der Waals surface area contributed by atoms with Crippen LogP contribution in [0, 0.1) is 6.92 Å². The van der Waals surface area contributed by atoms with E-state index in [0.29, 0.717) is 11.3 Å². The van der Waals surface area contributed by atoms with Crippen molar-refractivity contribution in [3.8, 4) is 11.5 Å². The van der Waals surface area contributed by atoms with E-state index in [1.807, 2.05) is 49.4 Å². The number of nitrogens with one attached hydrogen (secondary N) is 1. The maximum absolute atomic E-state index is 12.0. The van der Waals surface area contributed by atoms with Crippen molar-refractivity contribution in [2.24, 2.45) is 0 Å². The van der Waals surface area contributed by atoms with Gasteiger partial charge in [-0.05, 0) is 19.1 Å². The SMILES string of the molecule is Cc1ccc(C(=O)CNc2ccc3c(c2)OCO3)cc1. The van der Waals surface area contributed by atoms with Gasteiger partial charge in [-0.15, -0.1) is 0 Å². The number of carbonyl (C=O) groups is 1. The Balaban J connectivity index is 1.64. The van der Waals surface area contributed by atoms with E-state index in [0.717, 1.165) is 17.0 Å². The third-order valence-corrected chi connectivity index (χ3v) is 3.20. The molecule has 0 aromatic heterocycles. The van der Waals surface area contributed by atoms with Crippen LogP contribution >= 0.6 is 0 Å². The first-order chi connectivity index (χ1) is 9.72. The van der Waals surface area contributed by atoms with Crippen molar-refractivity contribution in [3.63, 3.8) is 0 Å². The molecule has 1 N–H and O–H groups in total. The topological polar surface area (TPSA) is 47.6 Å². The molecule has 0 spiro atoms. The number of Topliss-reactive ketones (excluding diaryl/α,β-unsaturated/α-hetero) is 1. The fraction of sp³-hybridized carbons (Fsp3) is 0.188. The average Bonchev–Trinajstić information content (AvgIpc) is 2.93. The highest BCUT2D eigenvalue weighted by Gasteiger charge is 2.13. The summed E-state index contributed by atoms with van der Waals surface area (Å²) in [7, 11) is 0. The van der Waals surface area contributed by atoms with Crippen LogP contribution in [0.4, 0.5) is 5.69 Å². The number of ether oxygens (including phenoxy) is 2. The zero-order valence-corrected chi connectivity index (χ0v) is 11.2. The van der Waals surface area contributed by atoms with Crippen molar-refractivity contribution in [1.82, 2.24) is 0 Å². The van der Waals surface area contributed by atoms with E-state index >= 15 is 0 Å². The standard InChI is InChI=1S/C16H15NO3/c1-11-2-4-12(5-3-11)14(18)9-17-13-6-7-15-16(8-13)20-10-19-15/h2-8,17H,9-10H2,1H3. The van der Waals surface area contributed by atoms with Gasteiger partial charge in [0.25, 0.3) is 0 Å². The van der Waals surface area contributed by atoms with Crippen molar-refractivity contribution in [3.05, 3.63) is 53.6 Å². The molecule has 20 heavy (non-hydrogen) atoms. The number of hydrogen-bond acceptors (Lipinski definition) is 4. The Hall–Kier alpha value is -2.49. The van der Waals surface area contributed by atoms with Crippen LogP contribution in [0.25, 0.3) is 0 Å².